The van der Waals surface area contributed by atoms with Crippen molar-refractivity contribution in [3.8, 4) is 5.75 Å². The molecule has 1 heterocycles. The second-order valence-corrected chi connectivity index (χ2v) is 7.19. The van der Waals surface area contributed by atoms with Crippen LogP contribution in [-0.2, 0) is 17.9 Å². The van der Waals surface area contributed by atoms with Crippen LogP contribution in [-0.4, -0.2) is 28.6 Å². The predicted octanol–water partition coefficient (Wildman–Crippen LogP) is 3.74. The van der Waals surface area contributed by atoms with Crippen LogP contribution in [0.5, 0.6) is 5.75 Å². The van der Waals surface area contributed by atoms with Gasteiger partial charge in [0.2, 0.25) is 5.91 Å². The molecular weight excluding hydrogens is 358 g/mol. The Morgan fingerprint density at radius 3 is 2.59 bits per heavy atom. The smallest absolute Gasteiger partial charge is 0.221 e. The molecule has 0 aliphatic heterocycles. The molecule has 2 aromatic carbocycles. The third-order valence-electron chi connectivity index (χ3n) is 4.14. The highest BCUT2D eigenvalue weighted by molar-refractivity contribution is 7.99. The van der Waals surface area contributed by atoms with Gasteiger partial charge in [0, 0.05) is 36.0 Å². The maximum absolute atomic E-state index is 12.2. The van der Waals surface area contributed by atoms with Crippen LogP contribution < -0.4 is 10.1 Å². The molecule has 6 heteroatoms. The van der Waals surface area contributed by atoms with E-state index in [-0.39, 0.29) is 5.91 Å². The van der Waals surface area contributed by atoms with Crippen molar-refractivity contribution < 1.29 is 9.53 Å². The van der Waals surface area contributed by atoms with Gasteiger partial charge in [-0.25, -0.2) is 0 Å². The van der Waals surface area contributed by atoms with Gasteiger partial charge in [0.15, 0.2) is 0 Å². The maximum Gasteiger partial charge on any atom is 0.221 e. The molecule has 0 saturated heterocycles. The maximum atomic E-state index is 12.2. The average Bonchev–Trinajstić information content (AvgIpc) is 3.21. The Hall–Kier alpha value is -2.73. The van der Waals surface area contributed by atoms with E-state index in [0.717, 1.165) is 27.5 Å². The number of carbonyl (C=O) groups is 1. The molecule has 0 atom stereocenters. The third-order valence-corrected chi connectivity index (χ3v) is 5.16. The summed E-state index contributed by atoms with van der Waals surface area (Å²) in [6, 6.07) is 17.9. The van der Waals surface area contributed by atoms with Gasteiger partial charge in [-0.2, -0.15) is 5.10 Å². The molecule has 0 aliphatic carbocycles. The van der Waals surface area contributed by atoms with Gasteiger partial charge in [0.25, 0.3) is 0 Å². The summed E-state index contributed by atoms with van der Waals surface area (Å²) in [6.45, 7) is 1.23. The van der Waals surface area contributed by atoms with Crippen LogP contribution in [0.15, 0.2) is 71.9 Å². The van der Waals surface area contributed by atoms with Gasteiger partial charge in [-0.15, -0.1) is 11.8 Å². The van der Waals surface area contributed by atoms with Crippen molar-refractivity contribution in [1.29, 1.82) is 0 Å². The van der Waals surface area contributed by atoms with Crippen molar-refractivity contribution in [1.82, 2.24) is 15.1 Å². The number of aromatic nitrogens is 2. The van der Waals surface area contributed by atoms with E-state index in [1.165, 1.54) is 0 Å². The minimum Gasteiger partial charge on any atom is -0.497 e. The Kier molecular flexibility index (Phi) is 6.93. The number of rotatable bonds is 9. The van der Waals surface area contributed by atoms with Gasteiger partial charge >= 0.3 is 0 Å². The van der Waals surface area contributed by atoms with Crippen LogP contribution in [0.3, 0.4) is 0 Å². The first kappa shape index (κ1) is 19.0. The Bertz CT molecular complexity index is 848. The Labute approximate surface area is 163 Å². The molecule has 27 heavy (non-hydrogen) atoms. The highest BCUT2D eigenvalue weighted by atomic mass is 32.2. The van der Waals surface area contributed by atoms with Crippen LogP contribution in [0.2, 0.25) is 0 Å². The van der Waals surface area contributed by atoms with Crippen molar-refractivity contribution in [2.45, 2.75) is 24.4 Å². The van der Waals surface area contributed by atoms with E-state index >= 15 is 0 Å². The van der Waals surface area contributed by atoms with Gasteiger partial charge in [-0.1, -0.05) is 24.3 Å². The minimum atomic E-state index is 0.0601. The number of carbonyl (C=O) groups excluding carboxylic acids is 1. The van der Waals surface area contributed by atoms with Crippen molar-refractivity contribution >= 4 is 17.7 Å². The molecule has 1 aromatic heterocycles. The minimum absolute atomic E-state index is 0.0601. The number of ether oxygens (including phenoxy) is 1. The van der Waals surface area contributed by atoms with Crippen LogP contribution in [0.1, 0.15) is 17.5 Å². The lowest BCUT2D eigenvalue weighted by atomic mass is 10.1. The number of nitrogens with zero attached hydrogens (tertiary/aromatic N) is 2. The Morgan fingerprint density at radius 2 is 1.89 bits per heavy atom. The molecule has 140 valence electrons. The summed E-state index contributed by atoms with van der Waals surface area (Å²) < 4.78 is 7.03. The second kappa shape index (κ2) is 9.83. The van der Waals surface area contributed by atoms with Gasteiger partial charge in [0.05, 0.1) is 13.7 Å². The molecule has 1 amide bonds. The SMILES string of the molecule is COc1ccc(SCCC(=O)NCc2ccccc2Cn2cccn2)cc1. The fraction of sp³-hybridized carbons (Fsp3) is 0.238. The van der Waals surface area contributed by atoms with E-state index in [1.54, 1.807) is 25.1 Å². The zero-order valence-electron chi connectivity index (χ0n) is 15.3. The van der Waals surface area contributed by atoms with Crippen LogP contribution in [0.25, 0.3) is 0 Å². The summed E-state index contributed by atoms with van der Waals surface area (Å²) in [7, 11) is 1.65. The molecule has 3 aromatic rings. The standard InChI is InChI=1S/C21H23N3O2S/c1-26-19-7-9-20(10-8-19)27-14-11-21(25)22-15-17-5-2-3-6-18(17)16-24-13-4-12-23-24/h2-10,12-13H,11,14-16H2,1H3,(H,22,25). The van der Waals surface area contributed by atoms with E-state index in [2.05, 4.69) is 16.5 Å². The normalized spacial score (nSPS) is 10.6. The summed E-state index contributed by atoms with van der Waals surface area (Å²) in [5, 5.41) is 7.27. The van der Waals surface area contributed by atoms with Gasteiger partial charge in [-0.3, -0.25) is 9.48 Å². The first-order valence-corrected chi connectivity index (χ1v) is 9.81. The highest BCUT2D eigenvalue weighted by Gasteiger charge is 2.06. The molecule has 0 spiro atoms. The van der Waals surface area contributed by atoms with Gasteiger partial charge < -0.3 is 10.1 Å². The molecule has 5 nitrogen and oxygen atoms in total. The Morgan fingerprint density at radius 1 is 1.11 bits per heavy atom. The van der Waals surface area contributed by atoms with Crippen LogP contribution >= 0.6 is 11.8 Å². The molecule has 0 aliphatic rings. The molecule has 0 bridgehead atoms. The summed E-state index contributed by atoms with van der Waals surface area (Å²) in [5.41, 5.74) is 2.28. The average molecular weight is 382 g/mol. The van der Waals surface area contributed by atoms with E-state index in [4.69, 9.17) is 4.74 Å². The Balaban J connectivity index is 1.45. The third kappa shape index (κ3) is 5.89. The molecule has 0 radical (unpaired) electrons. The molecular formula is C21H23N3O2S. The van der Waals surface area contributed by atoms with E-state index in [9.17, 15) is 4.79 Å². The van der Waals surface area contributed by atoms with Crippen LogP contribution in [0, 0.1) is 0 Å². The number of benzene rings is 2. The van der Waals surface area contributed by atoms with Crippen molar-refractivity contribution in [2.24, 2.45) is 0 Å². The quantitative estimate of drug-likeness (QED) is 0.574. The molecule has 3 rings (SSSR count). The number of hydrogen-bond donors (Lipinski definition) is 1. The van der Waals surface area contributed by atoms with Crippen molar-refractivity contribution in [2.75, 3.05) is 12.9 Å². The molecule has 0 saturated carbocycles. The lowest BCUT2D eigenvalue weighted by Gasteiger charge is -2.11. The van der Waals surface area contributed by atoms with Crippen molar-refractivity contribution in [3.05, 3.63) is 78.1 Å². The lowest BCUT2D eigenvalue weighted by Crippen LogP contribution is -2.23. The number of thioether (sulfide) groups is 1. The van der Waals surface area contributed by atoms with Gasteiger partial charge in [0.1, 0.15) is 5.75 Å². The number of amides is 1. The lowest BCUT2D eigenvalue weighted by molar-refractivity contribution is -0.120. The molecule has 0 fully saturated rings. The predicted molar refractivity (Wildman–Crippen MR) is 108 cm³/mol. The zero-order valence-corrected chi connectivity index (χ0v) is 16.1. The van der Waals surface area contributed by atoms with Gasteiger partial charge in [-0.05, 0) is 41.5 Å². The number of nitrogens with one attached hydrogen (secondary N) is 1. The monoisotopic (exact) mass is 381 g/mol. The highest BCUT2D eigenvalue weighted by Crippen LogP contribution is 2.21. The van der Waals surface area contributed by atoms with E-state index < -0.39 is 0 Å². The first-order chi connectivity index (χ1) is 13.2. The summed E-state index contributed by atoms with van der Waals surface area (Å²) in [5.74, 6) is 1.64. The fourth-order valence-corrected chi connectivity index (χ4v) is 3.52. The second-order valence-electron chi connectivity index (χ2n) is 6.02. The summed E-state index contributed by atoms with van der Waals surface area (Å²) in [6.07, 6.45) is 4.19. The molecule has 1 N–H and O–H groups in total. The fourth-order valence-electron chi connectivity index (χ4n) is 2.67. The molecule has 0 unspecified atom stereocenters. The van der Waals surface area contributed by atoms with E-state index in [1.807, 2.05) is 59.4 Å². The topological polar surface area (TPSA) is 56.1 Å². The number of hydrogen-bond acceptors (Lipinski definition) is 4. The van der Waals surface area contributed by atoms with Crippen LogP contribution in [0.4, 0.5) is 0 Å². The van der Waals surface area contributed by atoms with E-state index in [0.29, 0.717) is 19.5 Å². The zero-order chi connectivity index (χ0) is 18.9. The van der Waals surface area contributed by atoms with Crippen molar-refractivity contribution in [3.63, 3.8) is 0 Å². The summed E-state index contributed by atoms with van der Waals surface area (Å²) >= 11 is 1.67. The largest absolute Gasteiger partial charge is 0.497 e. The first-order valence-electron chi connectivity index (χ1n) is 8.82. The summed E-state index contributed by atoms with van der Waals surface area (Å²) in [4.78, 5) is 13.3. The number of methoxy groups -OCH3 is 1.